The lowest BCUT2D eigenvalue weighted by molar-refractivity contribution is -0.159. The molecule has 0 aromatic heterocycles. The third-order valence-electron chi connectivity index (χ3n) is 2.33. The molecule has 22 heavy (non-hydrogen) atoms. The first-order valence-corrected chi connectivity index (χ1v) is 7.60. The highest BCUT2D eigenvalue weighted by molar-refractivity contribution is 9.10. The summed E-state index contributed by atoms with van der Waals surface area (Å²) in [7, 11) is 4.15. The van der Waals surface area contributed by atoms with Crippen molar-refractivity contribution in [2.24, 2.45) is 0 Å². The van der Waals surface area contributed by atoms with Crippen LogP contribution in [0.15, 0.2) is 22.7 Å². The van der Waals surface area contributed by atoms with Gasteiger partial charge in [-0.2, -0.15) is 0 Å². The molecule has 0 unspecified atom stereocenters. The van der Waals surface area contributed by atoms with E-state index in [9.17, 15) is 0 Å². The fraction of sp³-hybridized carbons (Fsp3) is 0.429. The lowest BCUT2D eigenvalue weighted by Gasteiger charge is -2.10. The summed E-state index contributed by atoms with van der Waals surface area (Å²) in [5.41, 5.74) is 0. The van der Waals surface area contributed by atoms with Crippen LogP contribution in [0.1, 0.15) is 12.8 Å². The molecule has 2 N–H and O–H groups in total. The quantitative estimate of drug-likeness (QED) is 0.568. The maximum atomic E-state index is 9.10. The standard InChI is InChI=1S/C12H17BrClNO.C2H2O4/c1-15(2)7-3-4-8-16-12-6-5-10(13)9-11(12)14;3-1(4)2(5)6/h5-6,9H,3-4,7-8H2,1-2H3;(H,3,4)(H,5,6). The van der Waals surface area contributed by atoms with Crippen LogP contribution in [-0.4, -0.2) is 54.3 Å². The van der Waals surface area contributed by atoms with Crippen molar-refractivity contribution in [1.82, 2.24) is 4.90 Å². The average molecular weight is 397 g/mol. The number of carbonyl (C=O) groups is 2. The van der Waals surface area contributed by atoms with E-state index in [1.54, 1.807) is 0 Å². The summed E-state index contributed by atoms with van der Waals surface area (Å²) < 4.78 is 6.57. The Morgan fingerprint density at radius 3 is 2.27 bits per heavy atom. The van der Waals surface area contributed by atoms with E-state index in [2.05, 4.69) is 34.9 Å². The number of unbranched alkanes of at least 4 members (excludes halogenated alkanes) is 1. The second-order valence-corrected chi connectivity index (χ2v) is 5.87. The van der Waals surface area contributed by atoms with Gasteiger partial charge in [-0.15, -0.1) is 0 Å². The second-order valence-electron chi connectivity index (χ2n) is 4.54. The number of carboxylic acid groups (broad SMARTS) is 2. The lowest BCUT2D eigenvalue weighted by atomic mass is 10.3. The number of benzene rings is 1. The number of ether oxygens (including phenoxy) is 1. The molecule has 0 spiro atoms. The Hall–Kier alpha value is -1.31. The van der Waals surface area contributed by atoms with Gasteiger partial charge in [0.05, 0.1) is 11.6 Å². The van der Waals surface area contributed by atoms with E-state index in [4.69, 9.17) is 36.1 Å². The average Bonchev–Trinajstić information content (AvgIpc) is 2.40. The summed E-state index contributed by atoms with van der Waals surface area (Å²) in [5, 5.41) is 15.4. The number of hydrogen-bond acceptors (Lipinski definition) is 4. The minimum absolute atomic E-state index is 0.655. The van der Waals surface area contributed by atoms with Crippen molar-refractivity contribution in [2.75, 3.05) is 27.2 Å². The van der Waals surface area contributed by atoms with Crippen molar-refractivity contribution >= 4 is 39.5 Å². The molecule has 0 saturated carbocycles. The normalized spacial score (nSPS) is 9.86. The summed E-state index contributed by atoms with van der Waals surface area (Å²) in [5.74, 6) is -2.89. The third-order valence-corrected chi connectivity index (χ3v) is 3.12. The molecule has 8 heteroatoms. The molecule has 0 saturated heterocycles. The van der Waals surface area contributed by atoms with Crippen LogP contribution in [0.3, 0.4) is 0 Å². The van der Waals surface area contributed by atoms with Crippen LogP contribution in [-0.2, 0) is 9.59 Å². The Labute approximate surface area is 142 Å². The van der Waals surface area contributed by atoms with Crippen molar-refractivity contribution in [1.29, 1.82) is 0 Å². The Balaban J connectivity index is 0.000000626. The first-order chi connectivity index (χ1) is 10.2. The zero-order valence-corrected chi connectivity index (χ0v) is 14.7. The van der Waals surface area contributed by atoms with Gasteiger partial charge in [0.15, 0.2) is 0 Å². The lowest BCUT2D eigenvalue weighted by Crippen LogP contribution is -2.13. The summed E-state index contributed by atoms with van der Waals surface area (Å²) >= 11 is 9.39. The highest BCUT2D eigenvalue weighted by Gasteiger charge is 2.04. The van der Waals surface area contributed by atoms with Gasteiger partial charge in [0, 0.05) is 4.47 Å². The molecule has 124 valence electrons. The largest absolute Gasteiger partial charge is 0.492 e. The molecule has 0 radical (unpaired) electrons. The van der Waals surface area contributed by atoms with Crippen LogP contribution in [0.25, 0.3) is 0 Å². The molecule has 0 bridgehead atoms. The number of nitrogens with zero attached hydrogens (tertiary/aromatic N) is 1. The number of carboxylic acids is 2. The third kappa shape index (κ3) is 10.4. The van der Waals surface area contributed by atoms with Crippen LogP contribution in [0.5, 0.6) is 5.75 Å². The van der Waals surface area contributed by atoms with E-state index < -0.39 is 11.9 Å². The summed E-state index contributed by atoms with van der Waals surface area (Å²) in [4.78, 5) is 20.4. The monoisotopic (exact) mass is 395 g/mol. The van der Waals surface area contributed by atoms with E-state index in [1.165, 1.54) is 0 Å². The van der Waals surface area contributed by atoms with Crippen molar-refractivity contribution < 1.29 is 24.5 Å². The molecular weight excluding hydrogens is 378 g/mol. The SMILES string of the molecule is CN(C)CCCCOc1ccc(Br)cc1Cl.O=C(O)C(=O)O. The Morgan fingerprint density at radius 1 is 1.23 bits per heavy atom. The van der Waals surface area contributed by atoms with Gasteiger partial charge in [-0.25, -0.2) is 9.59 Å². The van der Waals surface area contributed by atoms with Gasteiger partial charge in [-0.3, -0.25) is 0 Å². The molecule has 0 aliphatic carbocycles. The Morgan fingerprint density at radius 2 is 1.82 bits per heavy atom. The maximum absolute atomic E-state index is 9.10. The predicted octanol–water partition coefficient (Wildman–Crippen LogP) is 2.98. The molecule has 0 fully saturated rings. The molecule has 1 aromatic carbocycles. The predicted molar refractivity (Wildman–Crippen MR) is 87.7 cm³/mol. The Kier molecular flexibility index (Phi) is 10.6. The second kappa shape index (κ2) is 11.3. The topological polar surface area (TPSA) is 87.1 Å². The highest BCUT2D eigenvalue weighted by atomic mass is 79.9. The van der Waals surface area contributed by atoms with E-state index in [1.807, 2.05) is 18.2 Å². The van der Waals surface area contributed by atoms with Crippen LogP contribution >= 0.6 is 27.5 Å². The molecule has 6 nitrogen and oxygen atoms in total. The Bertz CT molecular complexity index is 484. The molecule has 0 heterocycles. The van der Waals surface area contributed by atoms with Gasteiger partial charge in [0.2, 0.25) is 0 Å². The smallest absolute Gasteiger partial charge is 0.414 e. The van der Waals surface area contributed by atoms with Crippen molar-refractivity contribution in [2.45, 2.75) is 12.8 Å². The molecular formula is C14H19BrClNO5. The summed E-state index contributed by atoms with van der Waals surface area (Å²) in [6.45, 7) is 1.81. The highest BCUT2D eigenvalue weighted by Crippen LogP contribution is 2.27. The number of rotatable bonds is 6. The van der Waals surface area contributed by atoms with Gasteiger partial charge in [-0.05, 0) is 51.7 Å². The fourth-order valence-corrected chi connectivity index (χ4v) is 2.03. The number of halogens is 2. The van der Waals surface area contributed by atoms with E-state index in [0.717, 1.165) is 36.2 Å². The molecule has 0 aliphatic heterocycles. The van der Waals surface area contributed by atoms with Crippen molar-refractivity contribution in [3.05, 3.63) is 27.7 Å². The van der Waals surface area contributed by atoms with E-state index >= 15 is 0 Å². The first-order valence-electron chi connectivity index (χ1n) is 6.42. The first kappa shape index (κ1) is 20.7. The van der Waals surface area contributed by atoms with Crippen molar-refractivity contribution in [3.8, 4) is 5.75 Å². The molecule has 0 amide bonds. The minimum Gasteiger partial charge on any atom is -0.492 e. The van der Waals surface area contributed by atoms with Gasteiger partial charge in [0.25, 0.3) is 0 Å². The van der Waals surface area contributed by atoms with Crippen LogP contribution < -0.4 is 4.74 Å². The van der Waals surface area contributed by atoms with Crippen molar-refractivity contribution in [3.63, 3.8) is 0 Å². The zero-order chi connectivity index (χ0) is 17.1. The van der Waals surface area contributed by atoms with Gasteiger partial charge in [0.1, 0.15) is 5.75 Å². The molecule has 0 atom stereocenters. The fourth-order valence-electron chi connectivity index (χ4n) is 1.30. The molecule has 0 aliphatic rings. The molecule has 1 rings (SSSR count). The van der Waals surface area contributed by atoms with Crippen LogP contribution in [0.4, 0.5) is 0 Å². The van der Waals surface area contributed by atoms with E-state index in [0.29, 0.717) is 5.02 Å². The minimum atomic E-state index is -1.82. The van der Waals surface area contributed by atoms with Crippen LogP contribution in [0, 0.1) is 0 Å². The van der Waals surface area contributed by atoms with Gasteiger partial charge >= 0.3 is 11.9 Å². The molecule has 1 aromatic rings. The van der Waals surface area contributed by atoms with E-state index in [-0.39, 0.29) is 0 Å². The maximum Gasteiger partial charge on any atom is 0.414 e. The number of aliphatic carboxylic acids is 2. The van der Waals surface area contributed by atoms with Gasteiger partial charge in [-0.1, -0.05) is 27.5 Å². The summed E-state index contributed by atoms with van der Waals surface area (Å²) in [6, 6.07) is 5.66. The number of hydrogen-bond donors (Lipinski definition) is 2. The van der Waals surface area contributed by atoms with Crippen LogP contribution in [0.2, 0.25) is 5.02 Å². The van der Waals surface area contributed by atoms with Gasteiger partial charge < -0.3 is 19.8 Å². The zero-order valence-electron chi connectivity index (χ0n) is 12.4. The summed E-state index contributed by atoms with van der Waals surface area (Å²) in [6.07, 6.45) is 2.19.